The highest BCUT2D eigenvalue weighted by Gasteiger charge is 2.21. The Balaban J connectivity index is 1.67. The van der Waals surface area contributed by atoms with Gasteiger partial charge in [0, 0.05) is 30.2 Å². The molecule has 0 atom stereocenters. The molecule has 1 aliphatic heterocycles. The zero-order chi connectivity index (χ0) is 19.5. The average Bonchev–Trinajstić information content (AvgIpc) is 2.74. The third-order valence-electron chi connectivity index (χ3n) is 5.43. The average molecular weight is 378 g/mol. The Morgan fingerprint density at radius 2 is 1.96 bits per heavy atom. The van der Waals surface area contributed by atoms with Crippen molar-refractivity contribution in [3.8, 4) is 17.0 Å². The molecular weight excluding hydrogens is 352 g/mol. The van der Waals surface area contributed by atoms with Crippen LogP contribution in [0.15, 0.2) is 36.8 Å². The summed E-state index contributed by atoms with van der Waals surface area (Å²) in [4.78, 5) is 15.7. The SMILES string of the molecule is CNCC1CCN(c2ncnc3ccc(-c4cnc(OC)c(N)c4)cc23)CC1. The molecule has 0 amide bonds. The molecule has 146 valence electrons. The van der Waals surface area contributed by atoms with Crippen LogP contribution < -0.4 is 20.7 Å². The van der Waals surface area contributed by atoms with Crippen molar-refractivity contribution in [2.45, 2.75) is 12.8 Å². The molecule has 7 nitrogen and oxygen atoms in total. The highest BCUT2D eigenvalue weighted by Crippen LogP contribution is 2.32. The fourth-order valence-corrected chi connectivity index (χ4v) is 3.91. The van der Waals surface area contributed by atoms with Crippen molar-refractivity contribution in [3.63, 3.8) is 0 Å². The summed E-state index contributed by atoms with van der Waals surface area (Å²) >= 11 is 0. The number of pyridine rings is 1. The van der Waals surface area contributed by atoms with Crippen molar-refractivity contribution >= 4 is 22.4 Å². The molecule has 1 fully saturated rings. The van der Waals surface area contributed by atoms with E-state index in [1.165, 1.54) is 12.8 Å². The standard InChI is InChI=1S/C21H26N6O/c1-23-11-14-5-7-27(8-6-14)20-17-9-15(3-4-19(17)25-13-26-20)16-10-18(22)21(28-2)24-12-16/h3-4,9-10,12-14,23H,5-8,11,22H2,1-2H3. The second kappa shape index (κ2) is 7.98. The number of aromatic nitrogens is 3. The van der Waals surface area contributed by atoms with Gasteiger partial charge in [0.1, 0.15) is 12.1 Å². The van der Waals surface area contributed by atoms with E-state index < -0.39 is 0 Å². The molecule has 0 radical (unpaired) electrons. The lowest BCUT2D eigenvalue weighted by atomic mass is 9.96. The van der Waals surface area contributed by atoms with E-state index in [4.69, 9.17) is 10.5 Å². The van der Waals surface area contributed by atoms with Gasteiger partial charge in [-0.2, -0.15) is 0 Å². The third-order valence-corrected chi connectivity index (χ3v) is 5.43. The van der Waals surface area contributed by atoms with E-state index in [9.17, 15) is 0 Å². The first-order chi connectivity index (χ1) is 13.7. The molecule has 3 N–H and O–H groups in total. The lowest BCUT2D eigenvalue weighted by Crippen LogP contribution is -2.37. The van der Waals surface area contributed by atoms with Gasteiger partial charge in [-0.15, -0.1) is 0 Å². The zero-order valence-corrected chi connectivity index (χ0v) is 16.4. The minimum absolute atomic E-state index is 0.443. The highest BCUT2D eigenvalue weighted by atomic mass is 16.5. The molecule has 2 aromatic heterocycles. The summed E-state index contributed by atoms with van der Waals surface area (Å²) in [5.74, 6) is 2.18. The molecule has 3 heterocycles. The lowest BCUT2D eigenvalue weighted by Gasteiger charge is -2.33. The van der Waals surface area contributed by atoms with Crippen molar-refractivity contribution < 1.29 is 4.74 Å². The molecule has 0 bridgehead atoms. The first-order valence-electron chi connectivity index (χ1n) is 9.63. The summed E-state index contributed by atoms with van der Waals surface area (Å²) in [5, 5.41) is 4.35. The molecule has 3 aromatic rings. The van der Waals surface area contributed by atoms with Crippen LogP contribution in [-0.4, -0.2) is 48.7 Å². The summed E-state index contributed by atoms with van der Waals surface area (Å²) in [6, 6.07) is 8.10. The number of nitrogen functional groups attached to an aromatic ring is 1. The number of rotatable bonds is 5. The number of hydrogen-bond donors (Lipinski definition) is 2. The van der Waals surface area contributed by atoms with Crippen LogP contribution in [0.5, 0.6) is 5.88 Å². The first kappa shape index (κ1) is 18.4. The number of nitrogens with two attached hydrogens (primary N) is 1. The summed E-state index contributed by atoms with van der Waals surface area (Å²) in [6.45, 7) is 3.11. The molecule has 0 unspecified atom stereocenters. The van der Waals surface area contributed by atoms with Crippen molar-refractivity contribution in [3.05, 3.63) is 36.8 Å². The third kappa shape index (κ3) is 3.57. The van der Waals surface area contributed by atoms with Crippen LogP contribution >= 0.6 is 0 Å². The van der Waals surface area contributed by atoms with Crippen LogP contribution in [0.4, 0.5) is 11.5 Å². The van der Waals surface area contributed by atoms with E-state index in [0.717, 1.165) is 53.4 Å². The molecule has 7 heteroatoms. The normalized spacial score (nSPS) is 15.1. The van der Waals surface area contributed by atoms with Gasteiger partial charge in [0.2, 0.25) is 5.88 Å². The number of ether oxygens (including phenoxy) is 1. The van der Waals surface area contributed by atoms with Gasteiger partial charge < -0.3 is 20.7 Å². The summed E-state index contributed by atoms with van der Waals surface area (Å²) in [6.07, 6.45) is 5.78. The highest BCUT2D eigenvalue weighted by molar-refractivity contribution is 5.93. The second-order valence-electron chi connectivity index (χ2n) is 7.24. The van der Waals surface area contributed by atoms with E-state index in [1.54, 1.807) is 19.6 Å². The van der Waals surface area contributed by atoms with E-state index in [1.807, 2.05) is 25.2 Å². The minimum atomic E-state index is 0.443. The van der Waals surface area contributed by atoms with Crippen LogP contribution in [0.2, 0.25) is 0 Å². The smallest absolute Gasteiger partial charge is 0.236 e. The molecule has 0 aliphatic carbocycles. The molecule has 1 saturated heterocycles. The number of hydrogen-bond acceptors (Lipinski definition) is 7. The number of nitrogens with one attached hydrogen (secondary N) is 1. The quantitative estimate of drug-likeness (QED) is 0.705. The number of anilines is 2. The van der Waals surface area contributed by atoms with Crippen molar-refractivity contribution in [1.29, 1.82) is 0 Å². The number of nitrogens with zero attached hydrogens (tertiary/aromatic N) is 4. The van der Waals surface area contributed by atoms with Gasteiger partial charge in [0.15, 0.2) is 0 Å². The van der Waals surface area contributed by atoms with Gasteiger partial charge in [-0.1, -0.05) is 6.07 Å². The Bertz CT molecular complexity index is 968. The topological polar surface area (TPSA) is 89.2 Å². The van der Waals surface area contributed by atoms with Crippen molar-refractivity contribution in [1.82, 2.24) is 20.3 Å². The number of methoxy groups -OCH3 is 1. The van der Waals surface area contributed by atoms with Crippen LogP contribution in [0.3, 0.4) is 0 Å². The van der Waals surface area contributed by atoms with Crippen molar-refractivity contribution in [2.75, 3.05) is 44.4 Å². The fourth-order valence-electron chi connectivity index (χ4n) is 3.91. The van der Waals surface area contributed by atoms with Crippen molar-refractivity contribution in [2.24, 2.45) is 5.92 Å². The summed E-state index contributed by atoms with van der Waals surface area (Å²) in [5.41, 5.74) is 9.49. The summed E-state index contributed by atoms with van der Waals surface area (Å²) in [7, 11) is 3.59. The Labute approximate surface area is 165 Å². The van der Waals surface area contributed by atoms with E-state index in [2.05, 4.69) is 31.2 Å². The molecule has 4 rings (SSSR count). The van der Waals surface area contributed by atoms with E-state index in [0.29, 0.717) is 11.6 Å². The van der Waals surface area contributed by atoms with E-state index in [-0.39, 0.29) is 0 Å². The maximum Gasteiger partial charge on any atom is 0.236 e. The predicted octanol–water partition coefficient (Wildman–Crippen LogP) is 2.72. The van der Waals surface area contributed by atoms with Crippen LogP contribution in [0.1, 0.15) is 12.8 Å². The molecule has 0 spiro atoms. The predicted molar refractivity (Wildman–Crippen MR) is 113 cm³/mol. The van der Waals surface area contributed by atoms with Crippen LogP contribution in [0, 0.1) is 5.92 Å². The monoisotopic (exact) mass is 378 g/mol. The molecule has 0 saturated carbocycles. The second-order valence-corrected chi connectivity index (χ2v) is 7.24. The minimum Gasteiger partial charge on any atom is -0.480 e. The number of piperidine rings is 1. The van der Waals surface area contributed by atoms with Gasteiger partial charge in [0.05, 0.1) is 18.3 Å². The Kier molecular flexibility index (Phi) is 5.25. The molecule has 28 heavy (non-hydrogen) atoms. The lowest BCUT2D eigenvalue weighted by molar-refractivity contribution is 0.392. The zero-order valence-electron chi connectivity index (χ0n) is 16.4. The van der Waals surface area contributed by atoms with Crippen LogP contribution in [-0.2, 0) is 0 Å². The van der Waals surface area contributed by atoms with Gasteiger partial charge in [-0.05, 0) is 56.1 Å². The number of benzene rings is 1. The number of fused-ring (bicyclic) bond motifs is 1. The largest absolute Gasteiger partial charge is 0.480 e. The Hall–Kier alpha value is -2.93. The van der Waals surface area contributed by atoms with Gasteiger partial charge in [-0.3, -0.25) is 0 Å². The Morgan fingerprint density at radius 1 is 1.14 bits per heavy atom. The van der Waals surface area contributed by atoms with Gasteiger partial charge >= 0.3 is 0 Å². The summed E-state index contributed by atoms with van der Waals surface area (Å²) < 4.78 is 5.16. The van der Waals surface area contributed by atoms with Crippen LogP contribution in [0.25, 0.3) is 22.0 Å². The fraction of sp³-hybridized carbons (Fsp3) is 0.381. The maximum atomic E-state index is 6.04. The van der Waals surface area contributed by atoms with Gasteiger partial charge in [-0.25, -0.2) is 15.0 Å². The van der Waals surface area contributed by atoms with Gasteiger partial charge in [0.25, 0.3) is 0 Å². The first-order valence-corrected chi connectivity index (χ1v) is 9.63. The molecule has 1 aromatic carbocycles. The molecule has 1 aliphatic rings. The van der Waals surface area contributed by atoms with E-state index >= 15 is 0 Å². The maximum absolute atomic E-state index is 6.04. The molecular formula is C21H26N6O. The Morgan fingerprint density at radius 3 is 2.68 bits per heavy atom.